The maximum Gasteiger partial charge on any atom is 0.158 e. The molecule has 0 spiro atoms. The Bertz CT molecular complexity index is 386. The van der Waals surface area contributed by atoms with Crippen LogP contribution in [-0.2, 0) is 4.79 Å². The van der Waals surface area contributed by atoms with E-state index in [0.717, 1.165) is 16.9 Å². The molecule has 0 radical (unpaired) electrons. The van der Waals surface area contributed by atoms with Crippen molar-refractivity contribution in [2.45, 2.75) is 20.8 Å². The van der Waals surface area contributed by atoms with Gasteiger partial charge in [0, 0.05) is 5.92 Å². The Morgan fingerprint density at radius 1 is 1.25 bits per heavy atom. The number of rotatable bonds is 4. The van der Waals surface area contributed by atoms with E-state index in [-0.39, 0.29) is 11.7 Å². The Labute approximate surface area is 96.9 Å². The number of methoxy groups -OCH3 is 1. The van der Waals surface area contributed by atoms with Gasteiger partial charge in [-0.1, -0.05) is 26.0 Å². The Morgan fingerprint density at radius 2 is 1.81 bits per heavy atom. The highest BCUT2D eigenvalue weighted by Crippen LogP contribution is 2.18. The van der Waals surface area contributed by atoms with Gasteiger partial charge in [0.1, 0.15) is 5.75 Å². The first-order valence-electron chi connectivity index (χ1n) is 5.41. The van der Waals surface area contributed by atoms with Crippen LogP contribution in [0.25, 0.3) is 5.57 Å². The van der Waals surface area contributed by atoms with Crippen molar-refractivity contribution in [3.05, 3.63) is 35.9 Å². The van der Waals surface area contributed by atoms with Gasteiger partial charge >= 0.3 is 0 Å². The molecule has 0 aliphatic heterocycles. The van der Waals surface area contributed by atoms with Crippen LogP contribution in [0.15, 0.2) is 30.3 Å². The fraction of sp³-hybridized carbons (Fsp3) is 0.357. The highest BCUT2D eigenvalue weighted by molar-refractivity contribution is 5.97. The van der Waals surface area contributed by atoms with Gasteiger partial charge in [0.05, 0.1) is 7.11 Å². The lowest BCUT2D eigenvalue weighted by Crippen LogP contribution is -2.03. The first-order chi connectivity index (χ1) is 7.54. The van der Waals surface area contributed by atoms with Crippen LogP contribution in [-0.4, -0.2) is 12.9 Å². The maximum absolute atomic E-state index is 11.5. The quantitative estimate of drug-likeness (QED) is 0.725. The van der Waals surface area contributed by atoms with Gasteiger partial charge in [0.15, 0.2) is 5.78 Å². The van der Waals surface area contributed by atoms with E-state index in [9.17, 15) is 4.79 Å². The number of ether oxygens (including phenoxy) is 1. The molecule has 0 bridgehead atoms. The average Bonchev–Trinajstić information content (AvgIpc) is 2.28. The van der Waals surface area contributed by atoms with Crippen molar-refractivity contribution in [3.8, 4) is 5.75 Å². The summed E-state index contributed by atoms with van der Waals surface area (Å²) < 4.78 is 5.08. The van der Waals surface area contributed by atoms with E-state index in [0.29, 0.717) is 0 Å². The summed E-state index contributed by atoms with van der Waals surface area (Å²) in [5, 5.41) is 0. The van der Waals surface area contributed by atoms with Crippen molar-refractivity contribution in [1.29, 1.82) is 0 Å². The second-order valence-electron chi connectivity index (χ2n) is 4.11. The first kappa shape index (κ1) is 12.5. The first-order valence-corrected chi connectivity index (χ1v) is 5.41. The zero-order valence-corrected chi connectivity index (χ0v) is 10.3. The van der Waals surface area contributed by atoms with E-state index in [2.05, 4.69) is 0 Å². The van der Waals surface area contributed by atoms with Crippen molar-refractivity contribution in [2.24, 2.45) is 5.92 Å². The van der Waals surface area contributed by atoms with Crippen LogP contribution in [0, 0.1) is 5.92 Å². The SMILES string of the molecule is COc1ccc(/C(C)=C/C(=O)C(C)C)cc1. The Balaban J connectivity index is 2.87. The van der Waals surface area contributed by atoms with Gasteiger partial charge in [-0.3, -0.25) is 4.79 Å². The molecule has 0 aromatic heterocycles. The third kappa shape index (κ3) is 3.23. The van der Waals surface area contributed by atoms with Crippen LogP contribution in [0.1, 0.15) is 26.3 Å². The Hall–Kier alpha value is -1.57. The molecule has 1 rings (SSSR count). The molecule has 2 nitrogen and oxygen atoms in total. The number of ketones is 1. The number of allylic oxidation sites excluding steroid dienone is 2. The predicted octanol–water partition coefficient (Wildman–Crippen LogP) is 3.32. The molecule has 0 aliphatic rings. The van der Waals surface area contributed by atoms with E-state index in [1.54, 1.807) is 13.2 Å². The molecular formula is C14H18O2. The van der Waals surface area contributed by atoms with Gasteiger partial charge in [-0.2, -0.15) is 0 Å². The van der Waals surface area contributed by atoms with Crippen molar-refractivity contribution >= 4 is 11.4 Å². The fourth-order valence-corrected chi connectivity index (χ4v) is 1.32. The number of benzene rings is 1. The van der Waals surface area contributed by atoms with E-state index in [1.807, 2.05) is 45.0 Å². The fourth-order valence-electron chi connectivity index (χ4n) is 1.32. The minimum atomic E-state index is 0.0493. The van der Waals surface area contributed by atoms with Crippen LogP contribution < -0.4 is 4.74 Å². The second-order valence-corrected chi connectivity index (χ2v) is 4.11. The molecule has 1 aromatic rings. The minimum Gasteiger partial charge on any atom is -0.497 e. The van der Waals surface area contributed by atoms with Crippen LogP contribution in [0.2, 0.25) is 0 Å². The molecule has 0 saturated carbocycles. The number of hydrogen-bond acceptors (Lipinski definition) is 2. The summed E-state index contributed by atoms with van der Waals surface area (Å²) in [5.74, 6) is 1.04. The summed E-state index contributed by atoms with van der Waals surface area (Å²) >= 11 is 0. The molecule has 1 aromatic carbocycles. The van der Waals surface area contributed by atoms with E-state index in [4.69, 9.17) is 4.74 Å². The summed E-state index contributed by atoms with van der Waals surface area (Å²) in [4.78, 5) is 11.5. The highest BCUT2D eigenvalue weighted by atomic mass is 16.5. The number of carbonyl (C=O) groups is 1. The van der Waals surface area contributed by atoms with E-state index >= 15 is 0 Å². The van der Waals surface area contributed by atoms with Gasteiger partial charge in [-0.15, -0.1) is 0 Å². The lowest BCUT2D eigenvalue weighted by Gasteiger charge is -2.04. The third-order valence-electron chi connectivity index (χ3n) is 2.47. The molecule has 2 heteroatoms. The highest BCUT2D eigenvalue weighted by Gasteiger charge is 2.05. The van der Waals surface area contributed by atoms with E-state index < -0.39 is 0 Å². The van der Waals surface area contributed by atoms with Crippen molar-refractivity contribution in [1.82, 2.24) is 0 Å². The summed E-state index contributed by atoms with van der Waals surface area (Å²) in [6.07, 6.45) is 1.70. The molecule has 86 valence electrons. The Morgan fingerprint density at radius 3 is 2.25 bits per heavy atom. The maximum atomic E-state index is 11.5. The summed E-state index contributed by atoms with van der Waals surface area (Å²) in [5.41, 5.74) is 2.04. The zero-order chi connectivity index (χ0) is 12.1. The second kappa shape index (κ2) is 5.50. The molecule has 0 amide bonds. The molecule has 0 heterocycles. The normalized spacial score (nSPS) is 11.7. The average molecular weight is 218 g/mol. The predicted molar refractivity (Wildman–Crippen MR) is 66.5 cm³/mol. The molecule has 0 fully saturated rings. The standard InChI is InChI=1S/C14H18O2/c1-10(2)14(15)9-11(3)12-5-7-13(16-4)8-6-12/h5-10H,1-4H3/b11-9+. The van der Waals surface area contributed by atoms with Crippen LogP contribution >= 0.6 is 0 Å². The van der Waals surface area contributed by atoms with Crippen molar-refractivity contribution < 1.29 is 9.53 Å². The van der Waals surface area contributed by atoms with Gasteiger partial charge in [-0.25, -0.2) is 0 Å². The summed E-state index contributed by atoms with van der Waals surface area (Å²) in [6, 6.07) is 7.70. The summed E-state index contributed by atoms with van der Waals surface area (Å²) in [7, 11) is 1.64. The van der Waals surface area contributed by atoms with Crippen LogP contribution in [0.3, 0.4) is 0 Å². The van der Waals surface area contributed by atoms with Crippen molar-refractivity contribution in [2.75, 3.05) is 7.11 Å². The molecule has 0 atom stereocenters. The largest absolute Gasteiger partial charge is 0.497 e. The Kier molecular flexibility index (Phi) is 4.29. The topological polar surface area (TPSA) is 26.3 Å². The minimum absolute atomic E-state index is 0.0493. The van der Waals surface area contributed by atoms with Crippen molar-refractivity contribution in [3.63, 3.8) is 0 Å². The molecule has 0 saturated heterocycles. The van der Waals surface area contributed by atoms with Crippen LogP contribution in [0.5, 0.6) is 5.75 Å². The van der Waals surface area contributed by atoms with Gasteiger partial charge in [-0.05, 0) is 36.3 Å². The summed E-state index contributed by atoms with van der Waals surface area (Å²) in [6.45, 7) is 5.75. The third-order valence-corrected chi connectivity index (χ3v) is 2.47. The lowest BCUT2D eigenvalue weighted by atomic mass is 10.0. The van der Waals surface area contributed by atoms with E-state index in [1.165, 1.54) is 0 Å². The van der Waals surface area contributed by atoms with Gasteiger partial charge in [0.25, 0.3) is 0 Å². The molecular weight excluding hydrogens is 200 g/mol. The lowest BCUT2D eigenvalue weighted by molar-refractivity contribution is -0.117. The monoisotopic (exact) mass is 218 g/mol. The number of carbonyl (C=O) groups excluding carboxylic acids is 1. The smallest absolute Gasteiger partial charge is 0.158 e. The molecule has 16 heavy (non-hydrogen) atoms. The van der Waals surface area contributed by atoms with Gasteiger partial charge < -0.3 is 4.74 Å². The van der Waals surface area contributed by atoms with Gasteiger partial charge in [0.2, 0.25) is 0 Å². The zero-order valence-electron chi connectivity index (χ0n) is 10.3. The number of hydrogen-bond donors (Lipinski definition) is 0. The molecule has 0 aliphatic carbocycles. The van der Waals surface area contributed by atoms with Crippen LogP contribution in [0.4, 0.5) is 0 Å². The molecule has 0 N–H and O–H groups in total. The molecule has 0 unspecified atom stereocenters.